The molecular formula is C31H56O4. The molecule has 1 rings (SSSR count). The lowest BCUT2D eigenvalue weighted by atomic mass is 9.84. The largest absolute Gasteiger partial charge is 0.465 e. The van der Waals surface area contributed by atoms with Gasteiger partial charge in [-0.15, -0.1) is 0 Å². The minimum absolute atomic E-state index is 0.227. The number of unbranched alkanes of at least 4 members (excludes halogenated alkanes) is 17. The summed E-state index contributed by atoms with van der Waals surface area (Å²) in [4.78, 5) is 25.2. The standard InChI is InChI=1S/C31H56O4/c1-3-5-7-9-11-12-13-14-15-17-19-23-27-35-31(33)29-25-21-20-24-28(29)30(32)34-26-22-18-16-10-8-6-4-2/h20,24,28-29H,3-19,21-23,25-27H2,1-2H3. The Morgan fingerprint density at radius 2 is 1.00 bits per heavy atom. The zero-order chi connectivity index (χ0) is 25.4. The van der Waals surface area contributed by atoms with E-state index in [4.69, 9.17) is 9.47 Å². The van der Waals surface area contributed by atoms with Crippen molar-refractivity contribution in [3.05, 3.63) is 12.2 Å². The molecule has 0 saturated carbocycles. The summed E-state index contributed by atoms with van der Waals surface area (Å²) in [6.07, 6.45) is 29.1. The van der Waals surface area contributed by atoms with Gasteiger partial charge in [0.1, 0.15) is 0 Å². The summed E-state index contributed by atoms with van der Waals surface area (Å²) < 4.78 is 11.1. The van der Waals surface area contributed by atoms with Crippen molar-refractivity contribution in [2.45, 2.75) is 149 Å². The number of hydrogen-bond donors (Lipinski definition) is 0. The Morgan fingerprint density at radius 1 is 0.600 bits per heavy atom. The lowest BCUT2D eigenvalue weighted by Gasteiger charge is -2.24. The van der Waals surface area contributed by atoms with Crippen LogP contribution >= 0.6 is 0 Å². The highest BCUT2D eigenvalue weighted by Gasteiger charge is 2.35. The van der Waals surface area contributed by atoms with Gasteiger partial charge in [-0.3, -0.25) is 9.59 Å². The fourth-order valence-corrected chi connectivity index (χ4v) is 4.89. The molecule has 0 aliphatic heterocycles. The second kappa shape index (κ2) is 23.1. The van der Waals surface area contributed by atoms with Crippen LogP contribution in [0.25, 0.3) is 0 Å². The first-order valence-electron chi connectivity index (χ1n) is 15.2. The van der Waals surface area contributed by atoms with E-state index in [9.17, 15) is 9.59 Å². The normalized spacial score (nSPS) is 17.4. The third-order valence-corrected chi connectivity index (χ3v) is 7.23. The van der Waals surface area contributed by atoms with Crippen LogP contribution in [-0.4, -0.2) is 25.2 Å². The molecule has 204 valence electrons. The van der Waals surface area contributed by atoms with Gasteiger partial charge in [0.25, 0.3) is 0 Å². The van der Waals surface area contributed by atoms with Gasteiger partial charge in [0.05, 0.1) is 25.0 Å². The maximum absolute atomic E-state index is 12.7. The van der Waals surface area contributed by atoms with Crippen LogP contribution in [0, 0.1) is 11.8 Å². The molecular weight excluding hydrogens is 436 g/mol. The van der Waals surface area contributed by atoms with Crippen molar-refractivity contribution < 1.29 is 19.1 Å². The second-order valence-corrected chi connectivity index (χ2v) is 10.5. The van der Waals surface area contributed by atoms with Crippen molar-refractivity contribution in [2.75, 3.05) is 13.2 Å². The third-order valence-electron chi connectivity index (χ3n) is 7.23. The molecule has 0 aromatic carbocycles. The number of esters is 2. The Hall–Kier alpha value is -1.32. The van der Waals surface area contributed by atoms with Crippen LogP contribution in [0.1, 0.15) is 149 Å². The molecule has 0 spiro atoms. The monoisotopic (exact) mass is 492 g/mol. The molecule has 1 aliphatic carbocycles. The van der Waals surface area contributed by atoms with Gasteiger partial charge in [-0.25, -0.2) is 0 Å². The van der Waals surface area contributed by atoms with Crippen LogP contribution in [0.4, 0.5) is 0 Å². The van der Waals surface area contributed by atoms with Crippen LogP contribution in [0.15, 0.2) is 12.2 Å². The maximum atomic E-state index is 12.7. The van der Waals surface area contributed by atoms with E-state index < -0.39 is 5.92 Å². The molecule has 0 heterocycles. The summed E-state index contributed by atoms with van der Waals surface area (Å²) in [5, 5.41) is 0. The first-order valence-corrected chi connectivity index (χ1v) is 15.2. The smallest absolute Gasteiger partial charge is 0.313 e. The van der Waals surface area contributed by atoms with Gasteiger partial charge in [0.2, 0.25) is 0 Å². The fraction of sp³-hybridized carbons (Fsp3) is 0.871. The molecule has 0 aromatic heterocycles. The molecule has 1 aliphatic rings. The Balaban J connectivity index is 2.08. The predicted octanol–water partition coefficient (Wildman–Crippen LogP) is 9.11. The Labute approximate surface area is 217 Å². The molecule has 0 radical (unpaired) electrons. The summed E-state index contributed by atoms with van der Waals surface area (Å²) in [6, 6.07) is 0. The number of hydrogen-bond acceptors (Lipinski definition) is 4. The van der Waals surface area contributed by atoms with Gasteiger partial charge in [-0.05, 0) is 25.7 Å². The van der Waals surface area contributed by atoms with Gasteiger partial charge >= 0.3 is 11.9 Å². The predicted molar refractivity (Wildman–Crippen MR) is 146 cm³/mol. The van der Waals surface area contributed by atoms with Crippen LogP contribution in [0.2, 0.25) is 0 Å². The third kappa shape index (κ3) is 16.9. The molecule has 0 saturated heterocycles. The lowest BCUT2D eigenvalue weighted by molar-refractivity contribution is -0.159. The topological polar surface area (TPSA) is 52.6 Å². The van der Waals surface area contributed by atoms with E-state index in [2.05, 4.69) is 13.8 Å². The van der Waals surface area contributed by atoms with Gasteiger partial charge < -0.3 is 9.47 Å². The Morgan fingerprint density at radius 3 is 1.46 bits per heavy atom. The molecule has 2 unspecified atom stereocenters. The SMILES string of the molecule is CCCCCCCCCCCCCCOC(=O)C1CCC=CC1C(=O)OCCCCCCCCC. The first-order chi connectivity index (χ1) is 17.2. The van der Waals surface area contributed by atoms with E-state index in [1.165, 1.54) is 96.3 Å². The molecule has 4 heteroatoms. The van der Waals surface area contributed by atoms with Crippen molar-refractivity contribution in [3.63, 3.8) is 0 Å². The molecule has 4 nitrogen and oxygen atoms in total. The minimum atomic E-state index is -0.484. The molecule has 0 fully saturated rings. The van der Waals surface area contributed by atoms with Crippen LogP contribution in [0.3, 0.4) is 0 Å². The number of rotatable bonds is 23. The first kappa shape index (κ1) is 31.7. The molecule has 0 bridgehead atoms. The quantitative estimate of drug-likeness (QED) is 0.0810. The Kier molecular flexibility index (Phi) is 20.9. The fourth-order valence-electron chi connectivity index (χ4n) is 4.89. The molecule has 0 amide bonds. The van der Waals surface area contributed by atoms with E-state index in [-0.39, 0.29) is 17.9 Å². The highest BCUT2D eigenvalue weighted by atomic mass is 16.5. The summed E-state index contributed by atoms with van der Waals surface area (Å²) in [5.41, 5.74) is 0. The van der Waals surface area contributed by atoms with Crippen LogP contribution in [0.5, 0.6) is 0 Å². The van der Waals surface area contributed by atoms with Crippen molar-refractivity contribution in [1.82, 2.24) is 0 Å². The molecule has 35 heavy (non-hydrogen) atoms. The van der Waals surface area contributed by atoms with E-state index in [1.54, 1.807) is 0 Å². The summed E-state index contributed by atoms with van der Waals surface area (Å²) in [5.74, 6) is -1.36. The van der Waals surface area contributed by atoms with Gasteiger partial charge in [-0.1, -0.05) is 135 Å². The van der Waals surface area contributed by atoms with Crippen LogP contribution in [-0.2, 0) is 19.1 Å². The summed E-state index contributed by atoms with van der Waals surface area (Å²) >= 11 is 0. The number of carbonyl (C=O) groups excluding carboxylic acids is 2. The van der Waals surface area contributed by atoms with Crippen molar-refractivity contribution >= 4 is 11.9 Å². The van der Waals surface area contributed by atoms with E-state index >= 15 is 0 Å². The van der Waals surface area contributed by atoms with Crippen LogP contribution < -0.4 is 0 Å². The van der Waals surface area contributed by atoms with Gasteiger partial charge in [0, 0.05) is 0 Å². The second-order valence-electron chi connectivity index (χ2n) is 10.5. The number of allylic oxidation sites excluding steroid dienone is 1. The Bertz CT molecular complexity index is 542. The van der Waals surface area contributed by atoms with Crippen molar-refractivity contribution in [3.8, 4) is 0 Å². The summed E-state index contributed by atoms with van der Waals surface area (Å²) in [6.45, 7) is 5.41. The van der Waals surface area contributed by atoms with E-state index in [0.29, 0.717) is 19.6 Å². The highest BCUT2D eigenvalue weighted by molar-refractivity contribution is 5.83. The molecule has 0 N–H and O–H groups in total. The highest BCUT2D eigenvalue weighted by Crippen LogP contribution is 2.27. The summed E-state index contributed by atoms with van der Waals surface area (Å²) in [7, 11) is 0. The van der Waals surface area contributed by atoms with Crippen molar-refractivity contribution in [2.24, 2.45) is 11.8 Å². The lowest BCUT2D eigenvalue weighted by Crippen LogP contribution is -2.33. The average Bonchev–Trinajstić information content (AvgIpc) is 2.88. The van der Waals surface area contributed by atoms with Gasteiger partial charge in [-0.2, -0.15) is 0 Å². The zero-order valence-corrected chi connectivity index (χ0v) is 23.2. The molecule has 0 aromatic rings. The van der Waals surface area contributed by atoms with Crippen molar-refractivity contribution in [1.29, 1.82) is 0 Å². The number of ether oxygens (including phenoxy) is 2. The minimum Gasteiger partial charge on any atom is -0.465 e. The van der Waals surface area contributed by atoms with E-state index in [0.717, 1.165) is 32.1 Å². The zero-order valence-electron chi connectivity index (χ0n) is 23.2. The van der Waals surface area contributed by atoms with Gasteiger partial charge in [0.15, 0.2) is 0 Å². The average molecular weight is 493 g/mol. The molecule has 2 atom stereocenters. The number of carbonyl (C=O) groups is 2. The maximum Gasteiger partial charge on any atom is 0.313 e. The van der Waals surface area contributed by atoms with E-state index in [1.807, 2.05) is 12.2 Å².